The summed E-state index contributed by atoms with van der Waals surface area (Å²) in [5, 5.41) is 0. The van der Waals surface area contributed by atoms with E-state index in [0.29, 0.717) is 12.1 Å². The van der Waals surface area contributed by atoms with Crippen LogP contribution >= 0.6 is 0 Å². The number of nitrogens with zero attached hydrogens (tertiary/aromatic N) is 1. The maximum absolute atomic E-state index is 13.5. The van der Waals surface area contributed by atoms with Crippen molar-refractivity contribution in [2.45, 2.75) is 32.7 Å². The van der Waals surface area contributed by atoms with Crippen LogP contribution in [0.2, 0.25) is 0 Å². The Morgan fingerprint density at radius 2 is 2.06 bits per heavy atom. The molecule has 0 bridgehead atoms. The van der Waals surface area contributed by atoms with E-state index in [2.05, 4.69) is 11.8 Å². The maximum Gasteiger partial charge on any atom is 0.127 e. The Kier molecular flexibility index (Phi) is 4.11. The third-order valence-electron chi connectivity index (χ3n) is 3.15. The lowest BCUT2D eigenvalue weighted by Crippen LogP contribution is -2.26. The van der Waals surface area contributed by atoms with Gasteiger partial charge in [0, 0.05) is 18.7 Å². The molecule has 1 aliphatic rings. The van der Waals surface area contributed by atoms with Gasteiger partial charge in [-0.2, -0.15) is 0 Å². The third kappa shape index (κ3) is 3.77. The summed E-state index contributed by atoms with van der Waals surface area (Å²) in [5.74, 6) is 0.116. The van der Waals surface area contributed by atoms with Crippen LogP contribution in [0.15, 0.2) is 18.2 Å². The van der Waals surface area contributed by atoms with Crippen molar-refractivity contribution in [3.05, 3.63) is 35.4 Å². The second-order valence-corrected chi connectivity index (χ2v) is 4.91. The molecule has 0 atom stereocenters. The Balaban J connectivity index is 2.01. The van der Waals surface area contributed by atoms with Gasteiger partial charge in [0.2, 0.25) is 0 Å². The van der Waals surface area contributed by atoms with E-state index in [4.69, 9.17) is 0 Å². The van der Waals surface area contributed by atoms with E-state index in [-0.39, 0.29) is 11.6 Å². The zero-order valence-electron chi connectivity index (χ0n) is 10.3. The van der Waals surface area contributed by atoms with Crippen molar-refractivity contribution >= 4 is 0 Å². The molecule has 1 nitrogen and oxygen atoms in total. The molecule has 0 unspecified atom stereocenters. The van der Waals surface area contributed by atoms with Crippen LogP contribution in [0.5, 0.6) is 0 Å². The van der Waals surface area contributed by atoms with Gasteiger partial charge >= 0.3 is 0 Å². The molecule has 0 radical (unpaired) electrons. The fraction of sp³-hybridized carbons (Fsp3) is 0.571. The van der Waals surface area contributed by atoms with E-state index < -0.39 is 0 Å². The van der Waals surface area contributed by atoms with Crippen molar-refractivity contribution < 1.29 is 8.78 Å². The largest absolute Gasteiger partial charge is 0.299 e. The van der Waals surface area contributed by atoms with E-state index in [1.807, 2.05) is 0 Å². The summed E-state index contributed by atoms with van der Waals surface area (Å²) in [5.41, 5.74) is 0.471. The molecule has 0 aromatic heterocycles. The van der Waals surface area contributed by atoms with Gasteiger partial charge in [0.15, 0.2) is 0 Å². The molecule has 0 spiro atoms. The molecule has 1 aliphatic carbocycles. The number of hydrogen-bond donors (Lipinski definition) is 0. The monoisotopic (exact) mass is 239 g/mol. The molecular weight excluding hydrogens is 220 g/mol. The van der Waals surface area contributed by atoms with Crippen LogP contribution in [0.3, 0.4) is 0 Å². The first-order chi connectivity index (χ1) is 8.19. The SMILES string of the molecule is CCCN(Cc1cc(F)ccc1F)CC1CC1. The van der Waals surface area contributed by atoms with E-state index >= 15 is 0 Å². The molecule has 0 saturated heterocycles. The normalized spacial score (nSPS) is 15.5. The summed E-state index contributed by atoms with van der Waals surface area (Å²) in [6.45, 7) is 4.60. The van der Waals surface area contributed by atoms with E-state index in [0.717, 1.165) is 25.4 Å². The van der Waals surface area contributed by atoms with Gasteiger partial charge in [0.05, 0.1) is 0 Å². The average Bonchev–Trinajstić information content (AvgIpc) is 3.08. The number of halogens is 2. The van der Waals surface area contributed by atoms with Gasteiger partial charge in [-0.25, -0.2) is 8.78 Å². The third-order valence-corrected chi connectivity index (χ3v) is 3.15. The molecule has 2 rings (SSSR count). The zero-order chi connectivity index (χ0) is 12.3. The summed E-state index contributed by atoms with van der Waals surface area (Å²) in [6, 6.07) is 3.70. The van der Waals surface area contributed by atoms with Gasteiger partial charge in [0.1, 0.15) is 11.6 Å². The van der Waals surface area contributed by atoms with E-state index in [1.165, 1.54) is 31.0 Å². The van der Waals surface area contributed by atoms with Gasteiger partial charge < -0.3 is 0 Å². The van der Waals surface area contributed by atoms with Crippen LogP contribution in [0.1, 0.15) is 31.7 Å². The highest BCUT2D eigenvalue weighted by atomic mass is 19.1. The van der Waals surface area contributed by atoms with Crippen LogP contribution in [-0.4, -0.2) is 18.0 Å². The Labute approximate surface area is 101 Å². The number of hydrogen-bond acceptors (Lipinski definition) is 1. The quantitative estimate of drug-likeness (QED) is 0.733. The predicted octanol–water partition coefficient (Wildman–Crippen LogP) is 3.59. The Morgan fingerprint density at radius 3 is 2.71 bits per heavy atom. The fourth-order valence-electron chi connectivity index (χ4n) is 2.12. The number of benzene rings is 1. The molecule has 1 aromatic rings. The van der Waals surface area contributed by atoms with Crippen molar-refractivity contribution in [1.29, 1.82) is 0 Å². The molecule has 3 heteroatoms. The predicted molar refractivity (Wildman–Crippen MR) is 64.7 cm³/mol. The van der Waals surface area contributed by atoms with Crippen LogP contribution in [0.25, 0.3) is 0 Å². The van der Waals surface area contributed by atoms with Crippen LogP contribution in [-0.2, 0) is 6.54 Å². The molecule has 0 N–H and O–H groups in total. The summed E-state index contributed by atoms with van der Waals surface area (Å²) in [4.78, 5) is 2.23. The fourth-order valence-corrected chi connectivity index (χ4v) is 2.12. The van der Waals surface area contributed by atoms with Crippen molar-refractivity contribution in [3.8, 4) is 0 Å². The van der Waals surface area contributed by atoms with Gasteiger partial charge in [-0.1, -0.05) is 6.92 Å². The van der Waals surface area contributed by atoms with Gasteiger partial charge in [-0.05, 0) is 49.9 Å². The minimum Gasteiger partial charge on any atom is -0.299 e. The molecule has 94 valence electrons. The first-order valence-corrected chi connectivity index (χ1v) is 6.35. The maximum atomic E-state index is 13.5. The molecule has 17 heavy (non-hydrogen) atoms. The highest BCUT2D eigenvalue weighted by Gasteiger charge is 2.24. The summed E-state index contributed by atoms with van der Waals surface area (Å²) < 4.78 is 26.6. The first kappa shape index (κ1) is 12.5. The molecule has 1 saturated carbocycles. The Hall–Kier alpha value is -0.960. The molecule has 0 amide bonds. The van der Waals surface area contributed by atoms with Gasteiger partial charge in [-0.3, -0.25) is 4.90 Å². The minimum absolute atomic E-state index is 0.302. The molecule has 1 aromatic carbocycles. The second-order valence-electron chi connectivity index (χ2n) is 4.91. The van der Waals surface area contributed by atoms with E-state index in [1.54, 1.807) is 0 Å². The van der Waals surface area contributed by atoms with Crippen molar-refractivity contribution in [2.75, 3.05) is 13.1 Å². The highest BCUT2D eigenvalue weighted by molar-refractivity contribution is 5.18. The number of rotatable bonds is 6. The smallest absolute Gasteiger partial charge is 0.127 e. The lowest BCUT2D eigenvalue weighted by molar-refractivity contribution is 0.251. The van der Waals surface area contributed by atoms with Crippen LogP contribution in [0.4, 0.5) is 8.78 Å². The molecule has 0 heterocycles. The Bertz CT molecular complexity index is 374. The zero-order valence-corrected chi connectivity index (χ0v) is 10.3. The lowest BCUT2D eigenvalue weighted by Gasteiger charge is -2.21. The summed E-state index contributed by atoms with van der Waals surface area (Å²) in [6.07, 6.45) is 3.61. The molecule has 0 aliphatic heterocycles. The van der Waals surface area contributed by atoms with Gasteiger partial charge in [-0.15, -0.1) is 0 Å². The van der Waals surface area contributed by atoms with E-state index in [9.17, 15) is 8.78 Å². The van der Waals surface area contributed by atoms with Gasteiger partial charge in [0.25, 0.3) is 0 Å². The standard InChI is InChI=1S/C14H19F2N/c1-2-7-17(9-11-3-4-11)10-12-8-13(15)5-6-14(12)16/h5-6,8,11H,2-4,7,9-10H2,1H3. The average molecular weight is 239 g/mol. The van der Waals surface area contributed by atoms with Crippen molar-refractivity contribution in [3.63, 3.8) is 0 Å². The topological polar surface area (TPSA) is 3.24 Å². The highest BCUT2D eigenvalue weighted by Crippen LogP contribution is 2.30. The van der Waals surface area contributed by atoms with Crippen LogP contribution in [0, 0.1) is 17.6 Å². The van der Waals surface area contributed by atoms with Crippen molar-refractivity contribution in [2.24, 2.45) is 5.92 Å². The first-order valence-electron chi connectivity index (χ1n) is 6.35. The molecule has 1 fully saturated rings. The summed E-state index contributed by atoms with van der Waals surface area (Å²) in [7, 11) is 0. The minimum atomic E-state index is -0.357. The summed E-state index contributed by atoms with van der Waals surface area (Å²) >= 11 is 0. The lowest BCUT2D eigenvalue weighted by atomic mass is 10.2. The van der Waals surface area contributed by atoms with Crippen molar-refractivity contribution in [1.82, 2.24) is 4.90 Å². The van der Waals surface area contributed by atoms with Crippen LogP contribution < -0.4 is 0 Å². The Morgan fingerprint density at radius 1 is 1.29 bits per heavy atom. The second kappa shape index (κ2) is 5.58. The molecular formula is C14H19F2N.